The van der Waals surface area contributed by atoms with Crippen LogP contribution in [0.2, 0.25) is 0 Å². The van der Waals surface area contributed by atoms with Crippen molar-refractivity contribution in [2.45, 2.75) is 32.9 Å². The molecule has 2 heterocycles. The highest BCUT2D eigenvalue weighted by molar-refractivity contribution is 8.16. The summed E-state index contributed by atoms with van der Waals surface area (Å²) in [5, 5.41) is 2.64. The van der Waals surface area contributed by atoms with Crippen LogP contribution in [-0.4, -0.2) is 54.7 Å². The maximum Gasteiger partial charge on any atom is 0.338 e. The lowest BCUT2D eigenvalue weighted by Crippen LogP contribution is -2.38. The van der Waals surface area contributed by atoms with E-state index in [9.17, 15) is 9.59 Å². The number of thioether (sulfide) groups is 1. The molecule has 1 amide bonds. The number of aliphatic imine (C=N–C) groups is 1. The topological polar surface area (TPSA) is 80.7 Å². The summed E-state index contributed by atoms with van der Waals surface area (Å²) in [5.74, 6) is 0.651. The highest BCUT2D eigenvalue weighted by Gasteiger charge is 2.41. The van der Waals surface area contributed by atoms with E-state index in [1.807, 2.05) is 65.8 Å². The Morgan fingerprint density at radius 1 is 1.08 bits per heavy atom. The highest BCUT2D eigenvalue weighted by atomic mass is 32.2. The fourth-order valence-electron chi connectivity index (χ4n) is 4.41. The molecule has 2 aliphatic heterocycles. The van der Waals surface area contributed by atoms with Crippen LogP contribution >= 0.6 is 11.8 Å². The number of rotatable bonds is 9. The molecule has 0 N–H and O–H groups in total. The zero-order chi connectivity index (χ0) is 26.5. The van der Waals surface area contributed by atoms with Crippen molar-refractivity contribution in [3.05, 3.63) is 82.0 Å². The molecule has 1 atom stereocenters. The minimum atomic E-state index is -0.542. The molecule has 2 aliphatic rings. The summed E-state index contributed by atoms with van der Waals surface area (Å²) < 4.78 is 16.4. The van der Waals surface area contributed by atoms with Crippen LogP contribution in [0.1, 0.15) is 37.4 Å². The lowest BCUT2D eigenvalue weighted by Gasteiger charge is -2.36. The maximum absolute atomic E-state index is 13.3. The van der Waals surface area contributed by atoms with Gasteiger partial charge >= 0.3 is 5.97 Å². The number of carbonyl (C=O) groups excluding carboxylic acids is 2. The number of amides is 1. The molecule has 0 aliphatic carbocycles. The van der Waals surface area contributed by atoms with Crippen LogP contribution in [0.4, 0.5) is 0 Å². The summed E-state index contributed by atoms with van der Waals surface area (Å²) in [4.78, 5) is 34.8. The van der Waals surface area contributed by atoms with Crippen LogP contribution in [0, 0.1) is 0 Å². The monoisotopic (exact) mass is 521 g/mol. The standard InChI is InChI=1S/C28H31N3O5S/c1-6-36-27(33)25-18(2)29-28-31(26(25)20-12-13-22(34-4)23(14-20)35-5)21(17-37-28)15-24(32)30(3)16-19-10-8-7-9-11-19/h7-14,17,26H,6,15-16H2,1-5H3/t26-/m0/s1. The predicted molar refractivity (Wildman–Crippen MR) is 144 cm³/mol. The van der Waals surface area contributed by atoms with Gasteiger partial charge in [0.15, 0.2) is 16.7 Å². The van der Waals surface area contributed by atoms with Crippen molar-refractivity contribution < 1.29 is 23.8 Å². The van der Waals surface area contributed by atoms with E-state index in [1.54, 1.807) is 33.1 Å². The number of esters is 1. The van der Waals surface area contributed by atoms with Crippen molar-refractivity contribution in [3.8, 4) is 11.5 Å². The van der Waals surface area contributed by atoms with Gasteiger partial charge in [-0.1, -0.05) is 48.2 Å². The molecule has 9 heteroatoms. The Bertz CT molecular complexity index is 1270. The number of amidine groups is 1. The van der Waals surface area contributed by atoms with Gasteiger partial charge in [0.2, 0.25) is 5.91 Å². The van der Waals surface area contributed by atoms with Crippen LogP contribution in [0.25, 0.3) is 0 Å². The molecule has 2 aromatic carbocycles. The van der Waals surface area contributed by atoms with Crippen molar-refractivity contribution in [2.24, 2.45) is 4.99 Å². The van der Waals surface area contributed by atoms with Crippen molar-refractivity contribution in [3.63, 3.8) is 0 Å². The van der Waals surface area contributed by atoms with E-state index < -0.39 is 12.0 Å². The second-order valence-corrected chi connectivity index (χ2v) is 9.48. The van der Waals surface area contributed by atoms with E-state index >= 15 is 0 Å². The van der Waals surface area contributed by atoms with E-state index in [0.717, 1.165) is 16.8 Å². The summed E-state index contributed by atoms with van der Waals surface area (Å²) in [6.45, 7) is 4.33. The summed E-state index contributed by atoms with van der Waals surface area (Å²) in [7, 11) is 4.94. The number of carbonyl (C=O) groups is 2. The summed E-state index contributed by atoms with van der Waals surface area (Å²) in [6, 6.07) is 14.9. The Hall–Kier alpha value is -3.72. The van der Waals surface area contributed by atoms with Crippen LogP contribution in [-0.2, 0) is 20.9 Å². The maximum atomic E-state index is 13.3. The van der Waals surface area contributed by atoms with Gasteiger partial charge in [-0.15, -0.1) is 0 Å². The van der Waals surface area contributed by atoms with Crippen molar-refractivity contribution in [1.82, 2.24) is 9.80 Å². The lowest BCUT2D eigenvalue weighted by molar-refractivity contribution is -0.139. The van der Waals surface area contributed by atoms with Crippen LogP contribution < -0.4 is 9.47 Å². The third-order valence-corrected chi connectivity index (χ3v) is 7.13. The molecule has 2 aromatic rings. The Labute approximate surface area is 221 Å². The second kappa shape index (κ2) is 11.6. The average Bonchev–Trinajstić information content (AvgIpc) is 3.29. The molecule has 0 bridgehead atoms. The van der Waals surface area contributed by atoms with Gasteiger partial charge in [0.25, 0.3) is 0 Å². The van der Waals surface area contributed by atoms with E-state index in [-0.39, 0.29) is 18.9 Å². The lowest BCUT2D eigenvalue weighted by atomic mass is 9.93. The fourth-order valence-corrected chi connectivity index (χ4v) is 5.38. The Morgan fingerprint density at radius 2 is 1.81 bits per heavy atom. The molecule has 0 saturated heterocycles. The number of fused-ring (bicyclic) bond motifs is 1. The first kappa shape index (κ1) is 26.3. The third kappa shape index (κ3) is 5.51. The molecule has 0 fully saturated rings. The molecule has 0 aromatic heterocycles. The Morgan fingerprint density at radius 3 is 2.49 bits per heavy atom. The number of benzene rings is 2. The van der Waals surface area contributed by atoms with Gasteiger partial charge < -0.3 is 24.0 Å². The molecule has 4 rings (SSSR count). The summed E-state index contributed by atoms with van der Waals surface area (Å²) in [6.07, 6.45) is 0.161. The van der Waals surface area contributed by atoms with E-state index in [4.69, 9.17) is 19.2 Å². The van der Waals surface area contributed by atoms with Crippen molar-refractivity contribution in [2.75, 3.05) is 27.9 Å². The number of nitrogens with zero attached hydrogens (tertiary/aromatic N) is 3. The quantitative estimate of drug-likeness (QED) is 0.435. The molecule has 37 heavy (non-hydrogen) atoms. The molecule has 0 unspecified atom stereocenters. The van der Waals surface area contributed by atoms with Gasteiger partial charge in [0, 0.05) is 19.3 Å². The molecule has 0 radical (unpaired) electrons. The fraction of sp³-hybridized carbons (Fsp3) is 0.321. The van der Waals surface area contributed by atoms with Crippen LogP contribution in [0.3, 0.4) is 0 Å². The van der Waals surface area contributed by atoms with Crippen molar-refractivity contribution in [1.29, 1.82) is 0 Å². The normalized spacial score (nSPS) is 16.6. The average molecular weight is 522 g/mol. The number of hydrogen-bond donors (Lipinski definition) is 0. The number of hydrogen-bond acceptors (Lipinski definition) is 8. The van der Waals surface area contributed by atoms with Gasteiger partial charge in [-0.2, -0.15) is 0 Å². The van der Waals surface area contributed by atoms with Gasteiger partial charge in [-0.3, -0.25) is 4.79 Å². The molecular weight excluding hydrogens is 490 g/mol. The first-order valence-electron chi connectivity index (χ1n) is 12.0. The first-order valence-corrected chi connectivity index (χ1v) is 12.9. The Balaban J connectivity index is 1.68. The number of methoxy groups -OCH3 is 2. The SMILES string of the molecule is CCOC(=O)C1=C(C)N=C2SC=C(CC(=O)N(C)Cc3ccccc3)N2[C@H]1c1ccc(OC)c(OC)c1. The van der Waals surface area contributed by atoms with Crippen LogP contribution in [0.5, 0.6) is 11.5 Å². The highest BCUT2D eigenvalue weighted by Crippen LogP contribution is 2.46. The molecule has 8 nitrogen and oxygen atoms in total. The van der Waals surface area contributed by atoms with E-state index in [2.05, 4.69) is 0 Å². The molecule has 0 saturated carbocycles. The molecular formula is C28H31N3O5S. The van der Waals surface area contributed by atoms with Crippen molar-refractivity contribution >= 4 is 28.8 Å². The first-order chi connectivity index (χ1) is 17.9. The largest absolute Gasteiger partial charge is 0.493 e. The minimum absolute atomic E-state index is 0.0352. The zero-order valence-electron chi connectivity index (χ0n) is 21.7. The zero-order valence-corrected chi connectivity index (χ0v) is 22.5. The van der Waals surface area contributed by atoms with Gasteiger partial charge in [-0.05, 0) is 42.5 Å². The molecule has 0 spiro atoms. The van der Waals surface area contributed by atoms with E-state index in [0.29, 0.717) is 34.5 Å². The van der Waals surface area contributed by atoms with Gasteiger partial charge in [-0.25, -0.2) is 9.79 Å². The smallest absolute Gasteiger partial charge is 0.338 e. The Kier molecular flexibility index (Phi) is 8.23. The van der Waals surface area contributed by atoms with Gasteiger partial charge in [0.05, 0.1) is 44.6 Å². The minimum Gasteiger partial charge on any atom is -0.493 e. The predicted octanol–water partition coefficient (Wildman–Crippen LogP) is 4.89. The summed E-state index contributed by atoms with van der Waals surface area (Å²) >= 11 is 1.44. The van der Waals surface area contributed by atoms with E-state index in [1.165, 1.54) is 11.8 Å². The van der Waals surface area contributed by atoms with Crippen LogP contribution in [0.15, 0.2) is 75.9 Å². The third-order valence-electron chi connectivity index (χ3n) is 6.24. The summed E-state index contributed by atoms with van der Waals surface area (Å²) in [5.41, 5.74) is 3.63. The molecule has 194 valence electrons. The van der Waals surface area contributed by atoms with Gasteiger partial charge in [0.1, 0.15) is 0 Å². The second-order valence-electron chi connectivity index (χ2n) is 8.64. The number of allylic oxidation sites excluding steroid dienone is 1. The number of ether oxygens (including phenoxy) is 3.